The standard InChI is InChI=1S/C8H15NO2/c1-5-4-6(2)9-7(5)8(10)11-3/h5-7,9H,4H2,1-3H3/t5-,6+,7-/m0/s1. The van der Waals surface area contributed by atoms with E-state index in [1.54, 1.807) is 0 Å². The molecular formula is C8H15NO2. The number of carbonyl (C=O) groups is 1. The highest BCUT2D eigenvalue weighted by atomic mass is 16.5. The monoisotopic (exact) mass is 157 g/mol. The first-order chi connectivity index (χ1) is 5.15. The molecule has 1 rings (SSSR count). The highest BCUT2D eigenvalue weighted by Crippen LogP contribution is 2.19. The van der Waals surface area contributed by atoms with Gasteiger partial charge in [0.1, 0.15) is 6.04 Å². The van der Waals surface area contributed by atoms with Crippen molar-refractivity contribution in [3.8, 4) is 0 Å². The van der Waals surface area contributed by atoms with Crippen molar-refractivity contribution in [3.05, 3.63) is 0 Å². The van der Waals surface area contributed by atoms with Gasteiger partial charge in [-0.25, -0.2) is 0 Å². The lowest BCUT2D eigenvalue weighted by Crippen LogP contribution is -2.37. The van der Waals surface area contributed by atoms with Crippen LogP contribution in [0, 0.1) is 5.92 Å². The number of carbonyl (C=O) groups excluding carboxylic acids is 1. The molecule has 3 nitrogen and oxygen atoms in total. The molecule has 0 aromatic carbocycles. The predicted molar refractivity (Wildman–Crippen MR) is 42.2 cm³/mol. The highest BCUT2D eigenvalue weighted by molar-refractivity contribution is 5.76. The van der Waals surface area contributed by atoms with Gasteiger partial charge >= 0.3 is 5.97 Å². The molecule has 0 aromatic rings. The molecule has 1 aliphatic rings. The topological polar surface area (TPSA) is 38.3 Å². The summed E-state index contributed by atoms with van der Waals surface area (Å²) in [5, 5.41) is 3.18. The normalized spacial score (nSPS) is 37.2. The number of hydrogen-bond donors (Lipinski definition) is 1. The average molecular weight is 157 g/mol. The van der Waals surface area contributed by atoms with Crippen LogP contribution in [0.15, 0.2) is 0 Å². The van der Waals surface area contributed by atoms with E-state index in [-0.39, 0.29) is 12.0 Å². The zero-order chi connectivity index (χ0) is 8.43. The molecular weight excluding hydrogens is 142 g/mol. The van der Waals surface area contributed by atoms with Gasteiger partial charge in [-0.1, -0.05) is 6.92 Å². The minimum Gasteiger partial charge on any atom is -0.468 e. The maximum atomic E-state index is 11.1. The number of hydrogen-bond acceptors (Lipinski definition) is 3. The maximum absolute atomic E-state index is 11.1. The second-order valence-electron chi connectivity index (χ2n) is 3.28. The van der Waals surface area contributed by atoms with E-state index in [4.69, 9.17) is 0 Å². The van der Waals surface area contributed by atoms with Crippen molar-refractivity contribution in [2.75, 3.05) is 7.11 Å². The van der Waals surface area contributed by atoms with E-state index < -0.39 is 0 Å². The van der Waals surface area contributed by atoms with Crippen LogP contribution in [-0.2, 0) is 9.53 Å². The number of esters is 1. The molecule has 0 radical (unpaired) electrons. The van der Waals surface area contributed by atoms with Gasteiger partial charge in [0.15, 0.2) is 0 Å². The van der Waals surface area contributed by atoms with Crippen LogP contribution in [0.3, 0.4) is 0 Å². The van der Waals surface area contributed by atoms with Crippen molar-refractivity contribution in [1.82, 2.24) is 5.32 Å². The summed E-state index contributed by atoms with van der Waals surface area (Å²) < 4.78 is 4.65. The number of ether oxygens (including phenoxy) is 1. The molecule has 3 heteroatoms. The van der Waals surface area contributed by atoms with E-state index in [9.17, 15) is 4.79 Å². The van der Waals surface area contributed by atoms with E-state index in [2.05, 4.69) is 23.9 Å². The van der Waals surface area contributed by atoms with Crippen LogP contribution in [-0.4, -0.2) is 25.2 Å². The van der Waals surface area contributed by atoms with Gasteiger partial charge in [-0.3, -0.25) is 4.79 Å². The van der Waals surface area contributed by atoms with E-state index in [1.807, 2.05) is 0 Å². The quantitative estimate of drug-likeness (QED) is 0.565. The van der Waals surface area contributed by atoms with E-state index >= 15 is 0 Å². The van der Waals surface area contributed by atoms with E-state index in [0.717, 1.165) is 6.42 Å². The molecule has 64 valence electrons. The SMILES string of the molecule is COC(=O)[C@H]1N[C@H](C)C[C@@H]1C. The third-order valence-corrected chi connectivity index (χ3v) is 2.21. The van der Waals surface area contributed by atoms with Gasteiger partial charge < -0.3 is 10.1 Å². The predicted octanol–water partition coefficient (Wildman–Crippen LogP) is 0.546. The molecule has 1 aliphatic heterocycles. The summed E-state index contributed by atoms with van der Waals surface area (Å²) in [6, 6.07) is 0.351. The Labute approximate surface area is 67.1 Å². The third-order valence-electron chi connectivity index (χ3n) is 2.21. The average Bonchev–Trinajstić information content (AvgIpc) is 2.28. The van der Waals surface area contributed by atoms with Crippen LogP contribution in [0.4, 0.5) is 0 Å². The van der Waals surface area contributed by atoms with Crippen LogP contribution >= 0.6 is 0 Å². The Hall–Kier alpha value is -0.570. The summed E-state index contributed by atoms with van der Waals surface area (Å²) in [5.41, 5.74) is 0. The molecule has 3 atom stereocenters. The molecule has 0 spiro atoms. The summed E-state index contributed by atoms with van der Waals surface area (Å²) in [6.45, 7) is 4.15. The molecule has 0 unspecified atom stereocenters. The Kier molecular flexibility index (Phi) is 2.49. The Balaban J connectivity index is 2.52. The largest absolute Gasteiger partial charge is 0.468 e. The van der Waals surface area contributed by atoms with E-state index in [1.165, 1.54) is 7.11 Å². The van der Waals surface area contributed by atoms with Crippen molar-refractivity contribution < 1.29 is 9.53 Å². The first-order valence-corrected chi connectivity index (χ1v) is 3.99. The fourth-order valence-electron chi connectivity index (χ4n) is 1.66. The van der Waals surface area contributed by atoms with Gasteiger partial charge in [-0.05, 0) is 19.3 Å². The van der Waals surface area contributed by atoms with Gasteiger partial charge in [0.05, 0.1) is 7.11 Å². The molecule has 0 aliphatic carbocycles. The maximum Gasteiger partial charge on any atom is 0.323 e. The van der Waals surface area contributed by atoms with Gasteiger partial charge in [0, 0.05) is 6.04 Å². The van der Waals surface area contributed by atoms with Gasteiger partial charge in [0.2, 0.25) is 0 Å². The third kappa shape index (κ3) is 1.71. The van der Waals surface area contributed by atoms with Crippen LogP contribution in [0.25, 0.3) is 0 Å². The highest BCUT2D eigenvalue weighted by Gasteiger charge is 2.33. The summed E-state index contributed by atoms with van der Waals surface area (Å²) in [7, 11) is 1.43. The fourth-order valence-corrected chi connectivity index (χ4v) is 1.66. The lowest BCUT2D eigenvalue weighted by Gasteiger charge is -2.11. The fraction of sp³-hybridized carbons (Fsp3) is 0.875. The molecule has 0 amide bonds. The Bertz CT molecular complexity index is 158. The summed E-state index contributed by atoms with van der Waals surface area (Å²) in [6.07, 6.45) is 1.06. The first kappa shape index (κ1) is 8.53. The summed E-state index contributed by atoms with van der Waals surface area (Å²) in [4.78, 5) is 11.1. The first-order valence-electron chi connectivity index (χ1n) is 3.99. The van der Waals surface area contributed by atoms with Crippen LogP contribution < -0.4 is 5.32 Å². The van der Waals surface area contributed by atoms with Gasteiger partial charge in [-0.2, -0.15) is 0 Å². The van der Waals surface area contributed by atoms with E-state index in [0.29, 0.717) is 12.0 Å². The second kappa shape index (κ2) is 3.22. The number of nitrogens with one attached hydrogen (secondary N) is 1. The smallest absolute Gasteiger partial charge is 0.323 e. The van der Waals surface area contributed by atoms with Crippen LogP contribution in [0.2, 0.25) is 0 Å². The van der Waals surface area contributed by atoms with Crippen molar-refractivity contribution in [2.45, 2.75) is 32.4 Å². The zero-order valence-electron chi connectivity index (χ0n) is 7.26. The minimum absolute atomic E-state index is 0.0880. The molecule has 0 saturated carbocycles. The van der Waals surface area contributed by atoms with Crippen LogP contribution in [0.1, 0.15) is 20.3 Å². The molecule has 0 aromatic heterocycles. The Morgan fingerprint density at radius 3 is 2.55 bits per heavy atom. The molecule has 0 bridgehead atoms. The second-order valence-corrected chi connectivity index (χ2v) is 3.28. The van der Waals surface area contributed by atoms with Gasteiger partial charge in [0.25, 0.3) is 0 Å². The molecule has 1 N–H and O–H groups in total. The number of rotatable bonds is 1. The van der Waals surface area contributed by atoms with Crippen molar-refractivity contribution in [1.29, 1.82) is 0 Å². The molecule has 1 fully saturated rings. The lowest BCUT2D eigenvalue weighted by atomic mass is 10.0. The molecule has 1 saturated heterocycles. The lowest BCUT2D eigenvalue weighted by molar-refractivity contribution is -0.143. The Morgan fingerprint density at radius 2 is 2.18 bits per heavy atom. The minimum atomic E-state index is -0.137. The summed E-state index contributed by atoms with van der Waals surface area (Å²) >= 11 is 0. The van der Waals surface area contributed by atoms with Gasteiger partial charge in [-0.15, -0.1) is 0 Å². The zero-order valence-corrected chi connectivity index (χ0v) is 7.26. The summed E-state index contributed by atoms with van der Waals surface area (Å²) in [5.74, 6) is 0.263. The van der Waals surface area contributed by atoms with Crippen LogP contribution in [0.5, 0.6) is 0 Å². The Morgan fingerprint density at radius 1 is 1.55 bits per heavy atom. The number of methoxy groups -OCH3 is 1. The van der Waals surface area contributed by atoms with Crippen molar-refractivity contribution >= 4 is 5.97 Å². The van der Waals surface area contributed by atoms with Crippen molar-refractivity contribution in [3.63, 3.8) is 0 Å². The molecule has 1 heterocycles. The molecule has 11 heavy (non-hydrogen) atoms. The van der Waals surface area contributed by atoms with Crippen molar-refractivity contribution in [2.24, 2.45) is 5.92 Å².